The first-order chi connectivity index (χ1) is 12.5. The van der Waals surface area contributed by atoms with Crippen molar-refractivity contribution in [1.29, 1.82) is 0 Å². The highest BCUT2D eigenvalue weighted by atomic mass is 16.2. The maximum absolute atomic E-state index is 12.4. The number of benzene rings is 2. The fourth-order valence-corrected chi connectivity index (χ4v) is 2.68. The van der Waals surface area contributed by atoms with Crippen molar-refractivity contribution in [2.24, 2.45) is 0 Å². The van der Waals surface area contributed by atoms with E-state index in [1.165, 1.54) is 10.9 Å². The van der Waals surface area contributed by atoms with Crippen molar-refractivity contribution in [2.75, 3.05) is 0 Å². The minimum absolute atomic E-state index is 0.246. The summed E-state index contributed by atoms with van der Waals surface area (Å²) in [5, 5.41) is 0.433. The number of hydrazine groups is 1. The number of fused-ring (bicyclic) bond motifs is 1. The van der Waals surface area contributed by atoms with Gasteiger partial charge >= 0.3 is 0 Å². The van der Waals surface area contributed by atoms with Crippen LogP contribution in [-0.4, -0.2) is 21.4 Å². The zero-order valence-electron chi connectivity index (χ0n) is 14.4. The van der Waals surface area contributed by atoms with E-state index in [0.717, 1.165) is 11.1 Å². The number of aryl methyl sites for hydroxylation is 2. The highest BCUT2D eigenvalue weighted by Crippen LogP contribution is 2.10. The number of nitrogens with zero attached hydrogens (tertiary/aromatic N) is 2. The lowest BCUT2D eigenvalue weighted by Gasteiger charge is -2.10. The van der Waals surface area contributed by atoms with Gasteiger partial charge in [0.2, 0.25) is 0 Å². The van der Waals surface area contributed by atoms with Gasteiger partial charge in [-0.1, -0.05) is 29.8 Å². The molecule has 2 N–H and O–H groups in total. The largest absolute Gasteiger partial charge is 0.289 e. The van der Waals surface area contributed by atoms with Gasteiger partial charge in [-0.15, -0.1) is 0 Å². The van der Waals surface area contributed by atoms with Crippen LogP contribution < -0.4 is 16.4 Å². The van der Waals surface area contributed by atoms with E-state index in [1.807, 2.05) is 26.0 Å². The third-order valence-corrected chi connectivity index (χ3v) is 3.99. The highest BCUT2D eigenvalue weighted by molar-refractivity contribution is 5.96. The van der Waals surface area contributed by atoms with E-state index in [9.17, 15) is 14.4 Å². The molecule has 26 heavy (non-hydrogen) atoms. The third kappa shape index (κ3) is 3.61. The lowest BCUT2D eigenvalue weighted by molar-refractivity contribution is -0.122. The first-order valence-electron chi connectivity index (χ1n) is 8.06. The topological polar surface area (TPSA) is 93.1 Å². The molecule has 1 aromatic heterocycles. The molecule has 0 fully saturated rings. The molecular formula is C19H18N4O3. The fraction of sp³-hybridized carbons (Fsp3) is 0.158. The summed E-state index contributed by atoms with van der Waals surface area (Å²) in [7, 11) is 0. The van der Waals surface area contributed by atoms with Crippen molar-refractivity contribution in [2.45, 2.75) is 20.4 Å². The number of carbonyl (C=O) groups excluding carboxylic acids is 2. The second kappa shape index (κ2) is 7.18. The van der Waals surface area contributed by atoms with Crippen LogP contribution in [0.5, 0.6) is 0 Å². The molecule has 132 valence electrons. The molecule has 1 heterocycles. The Kier molecular flexibility index (Phi) is 4.79. The van der Waals surface area contributed by atoms with Crippen LogP contribution in [0.25, 0.3) is 10.9 Å². The number of para-hydroxylation sites is 1. The van der Waals surface area contributed by atoms with E-state index < -0.39 is 11.8 Å². The quantitative estimate of drug-likeness (QED) is 0.700. The van der Waals surface area contributed by atoms with Gasteiger partial charge < -0.3 is 0 Å². The number of nitrogens with one attached hydrogen (secondary N) is 2. The van der Waals surface area contributed by atoms with E-state index in [0.29, 0.717) is 16.5 Å². The molecule has 0 spiro atoms. The van der Waals surface area contributed by atoms with Gasteiger partial charge in [-0.05, 0) is 37.6 Å². The standard InChI is InChI=1S/C19H18N4O3/c1-12-7-8-14(13(2)9-12)18(25)22-21-17(24)10-23-11-20-16-6-4-3-5-15(16)19(23)26/h3-9,11H,10H2,1-2H3,(H,21,24)(H,22,25). The molecule has 7 nitrogen and oxygen atoms in total. The molecule has 0 saturated carbocycles. The first kappa shape index (κ1) is 17.3. The van der Waals surface area contributed by atoms with Crippen molar-refractivity contribution in [3.63, 3.8) is 0 Å². The molecule has 0 atom stereocenters. The number of hydrogen-bond acceptors (Lipinski definition) is 4. The zero-order chi connectivity index (χ0) is 18.7. The van der Waals surface area contributed by atoms with Crippen LogP contribution in [0.2, 0.25) is 0 Å². The number of carbonyl (C=O) groups is 2. The van der Waals surface area contributed by atoms with Crippen molar-refractivity contribution < 1.29 is 9.59 Å². The van der Waals surface area contributed by atoms with Gasteiger partial charge in [-0.3, -0.25) is 29.8 Å². The van der Waals surface area contributed by atoms with Crippen molar-refractivity contribution >= 4 is 22.7 Å². The van der Waals surface area contributed by atoms with Gasteiger partial charge in [-0.25, -0.2) is 4.98 Å². The summed E-state index contributed by atoms with van der Waals surface area (Å²) in [4.78, 5) is 40.7. The molecule has 3 rings (SSSR count). The Hall–Kier alpha value is -3.48. The average molecular weight is 350 g/mol. The van der Waals surface area contributed by atoms with Gasteiger partial charge in [0.15, 0.2) is 0 Å². The van der Waals surface area contributed by atoms with Crippen molar-refractivity contribution in [3.05, 3.63) is 75.8 Å². The zero-order valence-corrected chi connectivity index (χ0v) is 14.4. The summed E-state index contributed by atoms with van der Waals surface area (Å²) in [5.41, 5.74) is 7.27. The summed E-state index contributed by atoms with van der Waals surface area (Å²) in [6, 6.07) is 12.3. The van der Waals surface area contributed by atoms with Crippen molar-refractivity contribution in [3.8, 4) is 0 Å². The summed E-state index contributed by atoms with van der Waals surface area (Å²) >= 11 is 0. The third-order valence-electron chi connectivity index (χ3n) is 3.99. The maximum atomic E-state index is 12.4. The molecule has 0 unspecified atom stereocenters. The summed E-state index contributed by atoms with van der Waals surface area (Å²) in [6.07, 6.45) is 1.32. The Labute approximate surface area is 149 Å². The van der Waals surface area contributed by atoms with E-state index in [1.54, 1.807) is 30.3 Å². The molecule has 0 radical (unpaired) electrons. The first-order valence-corrected chi connectivity index (χ1v) is 8.06. The molecule has 0 aliphatic rings. The predicted molar refractivity (Wildman–Crippen MR) is 97.5 cm³/mol. The van der Waals surface area contributed by atoms with Crippen molar-refractivity contribution in [1.82, 2.24) is 20.4 Å². The highest BCUT2D eigenvalue weighted by Gasteiger charge is 2.11. The second-order valence-corrected chi connectivity index (χ2v) is 6.02. The maximum Gasteiger partial charge on any atom is 0.269 e. The molecule has 7 heteroatoms. The van der Waals surface area contributed by atoms with Gasteiger partial charge in [0.05, 0.1) is 17.2 Å². The van der Waals surface area contributed by atoms with Crippen LogP contribution in [0.15, 0.2) is 53.6 Å². The smallest absolute Gasteiger partial charge is 0.269 e. The summed E-state index contributed by atoms with van der Waals surface area (Å²) < 4.78 is 1.20. The number of hydrogen-bond donors (Lipinski definition) is 2. The number of amides is 2. The Bertz CT molecular complexity index is 1060. The van der Waals surface area contributed by atoms with Crippen LogP contribution in [0.3, 0.4) is 0 Å². The molecule has 2 amide bonds. The van der Waals surface area contributed by atoms with E-state index in [2.05, 4.69) is 15.8 Å². The fourth-order valence-electron chi connectivity index (χ4n) is 2.68. The number of rotatable bonds is 3. The normalized spacial score (nSPS) is 10.5. The van der Waals surface area contributed by atoms with Crippen LogP contribution in [0, 0.1) is 13.8 Å². The van der Waals surface area contributed by atoms with Crippen LogP contribution in [-0.2, 0) is 11.3 Å². The molecule has 2 aromatic carbocycles. The van der Waals surface area contributed by atoms with Crippen LogP contribution in [0.1, 0.15) is 21.5 Å². The Morgan fingerprint density at radius 3 is 2.62 bits per heavy atom. The van der Waals surface area contributed by atoms with Gasteiger partial charge in [0.1, 0.15) is 6.54 Å². The monoisotopic (exact) mass is 350 g/mol. The number of aromatic nitrogens is 2. The van der Waals surface area contributed by atoms with Gasteiger partial charge in [-0.2, -0.15) is 0 Å². The molecule has 0 aliphatic carbocycles. The molecule has 0 saturated heterocycles. The van der Waals surface area contributed by atoms with Crippen LogP contribution >= 0.6 is 0 Å². The summed E-state index contributed by atoms with van der Waals surface area (Å²) in [6.45, 7) is 3.51. The van der Waals surface area contributed by atoms with Gasteiger partial charge in [0, 0.05) is 5.56 Å². The van der Waals surface area contributed by atoms with E-state index in [4.69, 9.17) is 0 Å². The lowest BCUT2D eigenvalue weighted by atomic mass is 10.1. The SMILES string of the molecule is Cc1ccc(C(=O)NNC(=O)Cn2cnc3ccccc3c2=O)c(C)c1. The van der Waals surface area contributed by atoms with Gasteiger partial charge in [0.25, 0.3) is 17.4 Å². The Morgan fingerprint density at radius 1 is 1.08 bits per heavy atom. The minimum Gasteiger partial charge on any atom is -0.289 e. The Balaban J connectivity index is 1.67. The molecule has 0 bridgehead atoms. The summed E-state index contributed by atoms with van der Waals surface area (Å²) in [5.74, 6) is -0.942. The predicted octanol–water partition coefficient (Wildman–Crippen LogP) is 1.47. The van der Waals surface area contributed by atoms with E-state index in [-0.39, 0.29) is 12.1 Å². The lowest BCUT2D eigenvalue weighted by Crippen LogP contribution is -2.44. The minimum atomic E-state index is -0.526. The molecular weight excluding hydrogens is 332 g/mol. The molecule has 0 aliphatic heterocycles. The van der Waals surface area contributed by atoms with Crippen LogP contribution in [0.4, 0.5) is 0 Å². The molecule has 3 aromatic rings. The van der Waals surface area contributed by atoms with E-state index >= 15 is 0 Å². The average Bonchev–Trinajstić information content (AvgIpc) is 2.62. The Morgan fingerprint density at radius 2 is 1.85 bits per heavy atom. The second-order valence-electron chi connectivity index (χ2n) is 6.02.